The van der Waals surface area contributed by atoms with Crippen molar-refractivity contribution in [2.24, 2.45) is 5.41 Å². The van der Waals surface area contributed by atoms with Gasteiger partial charge in [-0.1, -0.05) is 0 Å². The van der Waals surface area contributed by atoms with Gasteiger partial charge in [0.1, 0.15) is 12.7 Å². The van der Waals surface area contributed by atoms with Gasteiger partial charge >= 0.3 is 5.97 Å². The number of carbonyl (C=O) groups is 1. The Morgan fingerprint density at radius 2 is 1.47 bits per heavy atom. The lowest BCUT2D eigenvalue weighted by molar-refractivity contribution is -0.161. The number of methoxy groups -OCH3 is 3. The van der Waals surface area contributed by atoms with Crippen molar-refractivity contribution in [2.75, 3.05) is 47.8 Å². The van der Waals surface area contributed by atoms with Gasteiger partial charge < -0.3 is 24.1 Å². The summed E-state index contributed by atoms with van der Waals surface area (Å²) in [5.41, 5.74) is -0.553. The van der Waals surface area contributed by atoms with Crippen LogP contribution in [0.3, 0.4) is 0 Å². The van der Waals surface area contributed by atoms with Crippen LogP contribution in [0.4, 0.5) is 0 Å². The maximum Gasteiger partial charge on any atom is 0.334 e. The highest BCUT2D eigenvalue weighted by Crippen LogP contribution is 2.19. The lowest BCUT2D eigenvalue weighted by Crippen LogP contribution is -2.42. The lowest BCUT2D eigenvalue weighted by atomic mass is 9.92. The normalized spacial score (nSPS) is 13.5. The molecule has 6 nitrogen and oxygen atoms in total. The molecular weight excluding hydrogens is 228 g/mol. The second kappa shape index (κ2) is 8.41. The van der Waals surface area contributed by atoms with Crippen LogP contribution in [0, 0.1) is 5.41 Å². The zero-order chi connectivity index (χ0) is 13.3. The highest BCUT2D eigenvalue weighted by molar-refractivity contribution is 5.73. The fourth-order valence-electron chi connectivity index (χ4n) is 1.51. The van der Waals surface area contributed by atoms with E-state index in [1.165, 1.54) is 6.92 Å². The second-order valence-electron chi connectivity index (χ2n) is 4.08. The maximum atomic E-state index is 11.2. The molecule has 0 radical (unpaired) electrons. The molecule has 17 heavy (non-hydrogen) atoms. The van der Waals surface area contributed by atoms with Crippen LogP contribution < -0.4 is 0 Å². The molecule has 102 valence electrons. The highest BCUT2D eigenvalue weighted by atomic mass is 16.6. The topological polar surface area (TPSA) is 74.2 Å². The zero-order valence-electron chi connectivity index (χ0n) is 10.9. The van der Waals surface area contributed by atoms with E-state index in [0.29, 0.717) is 19.8 Å². The third kappa shape index (κ3) is 5.97. The standard InChI is InChI=1S/C11H22O6/c1-9(12)10(13)17-8-11(5-14-2,6-15-3)7-16-4/h9,12H,5-8H2,1-4H3. The van der Waals surface area contributed by atoms with Crippen LogP contribution in [0.5, 0.6) is 0 Å². The Bertz CT molecular complexity index is 199. The van der Waals surface area contributed by atoms with Crippen LogP contribution in [0.15, 0.2) is 0 Å². The summed E-state index contributed by atoms with van der Waals surface area (Å²) in [4.78, 5) is 11.2. The molecular formula is C11H22O6. The van der Waals surface area contributed by atoms with Crippen LogP contribution in [0.1, 0.15) is 6.92 Å². The minimum atomic E-state index is -1.14. The van der Waals surface area contributed by atoms with Crippen molar-refractivity contribution in [3.05, 3.63) is 0 Å². The molecule has 1 N–H and O–H groups in total. The Morgan fingerprint density at radius 3 is 1.76 bits per heavy atom. The molecule has 6 heteroatoms. The summed E-state index contributed by atoms with van der Waals surface area (Å²) in [7, 11) is 4.66. The van der Waals surface area contributed by atoms with E-state index in [-0.39, 0.29) is 6.61 Å². The van der Waals surface area contributed by atoms with Gasteiger partial charge in [-0.25, -0.2) is 4.79 Å². The molecule has 1 unspecified atom stereocenters. The van der Waals surface area contributed by atoms with Crippen molar-refractivity contribution in [3.8, 4) is 0 Å². The van der Waals surface area contributed by atoms with E-state index in [1.54, 1.807) is 21.3 Å². The first-order valence-corrected chi connectivity index (χ1v) is 5.33. The predicted octanol–water partition coefficient (Wildman–Crippen LogP) is -0.164. The quantitative estimate of drug-likeness (QED) is 0.573. The molecule has 0 aromatic rings. The fraction of sp³-hybridized carbons (Fsp3) is 0.909. The predicted molar refractivity (Wildman–Crippen MR) is 60.7 cm³/mol. The molecule has 0 aromatic carbocycles. The molecule has 0 spiro atoms. The molecule has 0 aliphatic carbocycles. The van der Waals surface area contributed by atoms with Gasteiger partial charge in [-0.3, -0.25) is 0 Å². The van der Waals surface area contributed by atoms with Gasteiger partial charge in [0.15, 0.2) is 0 Å². The van der Waals surface area contributed by atoms with Crippen molar-refractivity contribution >= 4 is 5.97 Å². The summed E-state index contributed by atoms with van der Waals surface area (Å²) < 4.78 is 20.3. The van der Waals surface area contributed by atoms with Gasteiger partial charge in [0.25, 0.3) is 0 Å². The molecule has 0 aliphatic rings. The summed E-state index contributed by atoms with van der Waals surface area (Å²) in [5.74, 6) is -0.669. The third-order valence-corrected chi connectivity index (χ3v) is 2.21. The summed E-state index contributed by atoms with van der Waals surface area (Å²) in [5, 5.41) is 9.04. The first kappa shape index (κ1) is 16.3. The van der Waals surface area contributed by atoms with E-state index in [0.717, 1.165) is 0 Å². The smallest absolute Gasteiger partial charge is 0.334 e. The van der Waals surface area contributed by atoms with Gasteiger partial charge in [0, 0.05) is 21.3 Å². The molecule has 0 fully saturated rings. The number of carbonyl (C=O) groups excluding carboxylic acids is 1. The number of aliphatic hydroxyl groups is 1. The average molecular weight is 250 g/mol. The van der Waals surface area contributed by atoms with E-state index in [9.17, 15) is 4.79 Å². The summed E-state index contributed by atoms with van der Waals surface area (Å²) in [6.07, 6.45) is -1.14. The molecule has 0 aliphatic heterocycles. The van der Waals surface area contributed by atoms with Crippen LogP contribution in [0.2, 0.25) is 0 Å². The average Bonchev–Trinajstić information content (AvgIpc) is 2.27. The van der Waals surface area contributed by atoms with Crippen molar-refractivity contribution in [1.82, 2.24) is 0 Å². The number of esters is 1. The number of hydrogen-bond acceptors (Lipinski definition) is 6. The van der Waals surface area contributed by atoms with Crippen molar-refractivity contribution in [2.45, 2.75) is 13.0 Å². The highest BCUT2D eigenvalue weighted by Gasteiger charge is 2.33. The molecule has 0 rings (SSSR count). The first-order valence-electron chi connectivity index (χ1n) is 5.33. The van der Waals surface area contributed by atoms with Crippen molar-refractivity contribution in [3.63, 3.8) is 0 Å². The minimum Gasteiger partial charge on any atom is -0.463 e. The Balaban J connectivity index is 4.48. The van der Waals surface area contributed by atoms with Crippen LogP contribution >= 0.6 is 0 Å². The summed E-state index contributed by atoms with van der Waals surface area (Å²) in [6.45, 7) is 2.44. The van der Waals surface area contributed by atoms with Crippen LogP contribution in [-0.4, -0.2) is 64.9 Å². The number of rotatable bonds is 9. The Labute approximate surface area is 102 Å². The van der Waals surface area contributed by atoms with E-state index in [4.69, 9.17) is 24.1 Å². The van der Waals surface area contributed by atoms with Gasteiger partial charge in [0.2, 0.25) is 0 Å². The molecule has 1 atom stereocenters. The SMILES string of the molecule is COCC(COC)(COC)COC(=O)C(C)O. The van der Waals surface area contributed by atoms with E-state index < -0.39 is 17.5 Å². The van der Waals surface area contributed by atoms with Crippen molar-refractivity contribution < 1.29 is 28.8 Å². The van der Waals surface area contributed by atoms with Crippen LogP contribution in [-0.2, 0) is 23.7 Å². The van der Waals surface area contributed by atoms with Gasteiger partial charge in [-0.05, 0) is 6.92 Å². The monoisotopic (exact) mass is 250 g/mol. The number of hydrogen-bond donors (Lipinski definition) is 1. The summed E-state index contributed by atoms with van der Waals surface area (Å²) >= 11 is 0. The second-order valence-corrected chi connectivity index (χ2v) is 4.08. The zero-order valence-corrected chi connectivity index (χ0v) is 10.9. The number of aliphatic hydroxyl groups excluding tert-OH is 1. The van der Waals surface area contributed by atoms with Gasteiger partial charge in [-0.2, -0.15) is 0 Å². The molecule has 0 aromatic heterocycles. The fourth-order valence-corrected chi connectivity index (χ4v) is 1.51. The molecule has 0 saturated carbocycles. The Hall–Kier alpha value is -0.690. The minimum absolute atomic E-state index is 0.0756. The molecule has 0 heterocycles. The molecule has 0 bridgehead atoms. The van der Waals surface area contributed by atoms with Gasteiger partial charge in [-0.15, -0.1) is 0 Å². The van der Waals surface area contributed by atoms with Crippen molar-refractivity contribution in [1.29, 1.82) is 0 Å². The van der Waals surface area contributed by atoms with Gasteiger partial charge in [0.05, 0.1) is 25.2 Å². The molecule has 0 amide bonds. The summed E-state index contributed by atoms with van der Waals surface area (Å²) in [6, 6.07) is 0. The third-order valence-electron chi connectivity index (χ3n) is 2.21. The van der Waals surface area contributed by atoms with E-state index >= 15 is 0 Å². The van der Waals surface area contributed by atoms with E-state index in [1.807, 2.05) is 0 Å². The van der Waals surface area contributed by atoms with E-state index in [2.05, 4.69) is 0 Å². The largest absolute Gasteiger partial charge is 0.463 e. The Kier molecular flexibility index (Phi) is 8.07. The first-order chi connectivity index (χ1) is 8.01. The van der Waals surface area contributed by atoms with Crippen LogP contribution in [0.25, 0.3) is 0 Å². The lowest BCUT2D eigenvalue weighted by Gasteiger charge is -2.31. The molecule has 0 saturated heterocycles. The Morgan fingerprint density at radius 1 is 1.06 bits per heavy atom. The maximum absolute atomic E-state index is 11.2. The number of ether oxygens (including phenoxy) is 4.